The maximum absolute atomic E-state index is 13.4. The van der Waals surface area contributed by atoms with Gasteiger partial charge in [0.05, 0.1) is 5.56 Å². The fraction of sp³-hybridized carbons (Fsp3) is 0.222. The Bertz CT molecular complexity index is 693. The topological polar surface area (TPSA) is 55.4 Å². The van der Waals surface area contributed by atoms with Crippen molar-refractivity contribution >= 4 is 24.0 Å². The average molecular weight is 347 g/mol. The van der Waals surface area contributed by atoms with E-state index in [0.717, 1.165) is 0 Å². The van der Waals surface area contributed by atoms with E-state index in [2.05, 4.69) is 5.32 Å². The molecule has 0 spiro atoms. The molecular weight excluding hydrogens is 329 g/mol. The van der Waals surface area contributed by atoms with Crippen molar-refractivity contribution in [2.75, 3.05) is 18.9 Å². The molecular formula is C18H18FNO3S. The van der Waals surface area contributed by atoms with E-state index in [-0.39, 0.29) is 18.3 Å². The molecule has 1 N–H and O–H groups in total. The molecule has 0 saturated carbocycles. The molecule has 126 valence electrons. The van der Waals surface area contributed by atoms with E-state index in [9.17, 15) is 14.0 Å². The van der Waals surface area contributed by atoms with Gasteiger partial charge in [-0.05, 0) is 23.8 Å². The molecule has 2 rings (SSSR count). The van der Waals surface area contributed by atoms with Gasteiger partial charge in [-0.3, -0.25) is 9.59 Å². The minimum atomic E-state index is -0.262. The lowest BCUT2D eigenvalue weighted by molar-refractivity contribution is -0.122. The van der Waals surface area contributed by atoms with Gasteiger partial charge >= 0.3 is 0 Å². The number of carbonyl (C=O) groups excluding carboxylic acids is 2. The van der Waals surface area contributed by atoms with Crippen LogP contribution in [0.15, 0.2) is 48.5 Å². The lowest BCUT2D eigenvalue weighted by Gasteiger charge is -2.09. The summed E-state index contributed by atoms with van der Waals surface area (Å²) < 4.78 is 18.8. The minimum Gasteiger partial charge on any atom is -0.483 e. The van der Waals surface area contributed by atoms with Gasteiger partial charge in [0.1, 0.15) is 11.6 Å². The van der Waals surface area contributed by atoms with Crippen LogP contribution in [0.2, 0.25) is 0 Å². The van der Waals surface area contributed by atoms with Crippen LogP contribution in [0.1, 0.15) is 15.9 Å². The van der Waals surface area contributed by atoms with Gasteiger partial charge in [0.25, 0.3) is 5.91 Å². The number of nitrogens with one attached hydrogen (secondary N) is 1. The van der Waals surface area contributed by atoms with Gasteiger partial charge in [0, 0.05) is 18.1 Å². The number of hydrogen-bond acceptors (Lipinski definition) is 4. The molecule has 0 aliphatic heterocycles. The Hall–Kier alpha value is -2.34. The third kappa shape index (κ3) is 5.70. The smallest absolute Gasteiger partial charge is 0.257 e. The van der Waals surface area contributed by atoms with Crippen LogP contribution in [0, 0.1) is 5.82 Å². The Labute approximate surface area is 144 Å². The van der Waals surface area contributed by atoms with Crippen LogP contribution in [0.25, 0.3) is 0 Å². The van der Waals surface area contributed by atoms with Crippen molar-refractivity contribution in [1.29, 1.82) is 0 Å². The molecule has 6 heteroatoms. The van der Waals surface area contributed by atoms with Crippen molar-refractivity contribution in [3.05, 3.63) is 65.5 Å². The zero-order valence-corrected chi connectivity index (χ0v) is 13.9. The second-order valence-electron chi connectivity index (χ2n) is 4.94. The number of hydrogen-bond donors (Lipinski definition) is 1. The molecule has 0 heterocycles. The first-order chi connectivity index (χ1) is 11.7. The van der Waals surface area contributed by atoms with Crippen molar-refractivity contribution in [3.63, 3.8) is 0 Å². The molecule has 0 radical (unpaired) electrons. The number of thioether (sulfide) groups is 1. The molecule has 0 aliphatic carbocycles. The van der Waals surface area contributed by atoms with Crippen molar-refractivity contribution in [1.82, 2.24) is 5.32 Å². The molecule has 0 unspecified atom stereocenters. The summed E-state index contributed by atoms with van der Waals surface area (Å²) in [6.07, 6.45) is 0.687. The second kappa shape index (κ2) is 9.72. The van der Waals surface area contributed by atoms with Crippen molar-refractivity contribution in [3.8, 4) is 5.75 Å². The maximum atomic E-state index is 13.4. The van der Waals surface area contributed by atoms with Crippen molar-refractivity contribution < 1.29 is 18.7 Å². The molecule has 0 saturated heterocycles. The zero-order chi connectivity index (χ0) is 17.2. The number of benzene rings is 2. The van der Waals surface area contributed by atoms with Gasteiger partial charge in [0.15, 0.2) is 12.9 Å². The highest BCUT2D eigenvalue weighted by Crippen LogP contribution is 2.16. The van der Waals surface area contributed by atoms with E-state index in [4.69, 9.17) is 4.74 Å². The summed E-state index contributed by atoms with van der Waals surface area (Å²) in [4.78, 5) is 22.6. The molecule has 0 bridgehead atoms. The first-order valence-corrected chi connectivity index (χ1v) is 8.61. The zero-order valence-electron chi connectivity index (χ0n) is 13.0. The maximum Gasteiger partial charge on any atom is 0.257 e. The predicted octanol–water partition coefficient (Wildman–Crippen LogP) is 3.07. The van der Waals surface area contributed by atoms with E-state index in [1.807, 2.05) is 0 Å². The fourth-order valence-corrected chi connectivity index (χ4v) is 2.81. The molecule has 4 nitrogen and oxygen atoms in total. The Kier molecular flexibility index (Phi) is 7.29. The monoisotopic (exact) mass is 347 g/mol. The Morgan fingerprint density at radius 2 is 1.92 bits per heavy atom. The average Bonchev–Trinajstić information content (AvgIpc) is 2.61. The second-order valence-corrected chi connectivity index (χ2v) is 6.04. The highest BCUT2D eigenvalue weighted by atomic mass is 32.2. The number of rotatable bonds is 9. The Balaban J connectivity index is 1.63. The third-order valence-corrected chi connectivity index (χ3v) is 4.20. The van der Waals surface area contributed by atoms with E-state index < -0.39 is 0 Å². The predicted molar refractivity (Wildman–Crippen MR) is 92.9 cm³/mol. The summed E-state index contributed by atoms with van der Waals surface area (Å²) in [5.41, 5.74) is 1.06. The van der Waals surface area contributed by atoms with Crippen LogP contribution in [-0.2, 0) is 10.5 Å². The molecule has 24 heavy (non-hydrogen) atoms. The van der Waals surface area contributed by atoms with Crippen LogP contribution in [0.3, 0.4) is 0 Å². The van der Waals surface area contributed by atoms with E-state index in [0.29, 0.717) is 41.2 Å². The van der Waals surface area contributed by atoms with Crippen LogP contribution >= 0.6 is 11.8 Å². The summed E-state index contributed by atoms with van der Waals surface area (Å²) >= 11 is 1.54. The summed E-state index contributed by atoms with van der Waals surface area (Å²) in [7, 11) is 0. The fourth-order valence-electron chi connectivity index (χ4n) is 1.96. The normalized spacial score (nSPS) is 10.2. The molecule has 2 aromatic carbocycles. The lowest BCUT2D eigenvalue weighted by atomic mass is 10.2. The number of carbonyl (C=O) groups is 2. The Morgan fingerprint density at radius 1 is 1.17 bits per heavy atom. The largest absolute Gasteiger partial charge is 0.483 e. The van der Waals surface area contributed by atoms with Gasteiger partial charge in [-0.1, -0.05) is 30.3 Å². The molecule has 0 aliphatic rings. The minimum absolute atomic E-state index is 0.150. The van der Waals surface area contributed by atoms with Crippen LogP contribution in [-0.4, -0.2) is 31.1 Å². The van der Waals surface area contributed by atoms with Gasteiger partial charge in [-0.2, -0.15) is 11.8 Å². The van der Waals surface area contributed by atoms with E-state index in [1.54, 1.807) is 54.2 Å². The molecule has 0 aromatic heterocycles. The number of aldehydes is 1. The summed E-state index contributed by atoms with van der Waals surface area (Å²) in [6, 6.07) is 13.4. The van der Waals surface area contributed by atoms with Crippen molar-refractivity contribution in [2.24, 2.45) is 0 Å². The molecule has 0 fully saturated rings. The standard InChI is InChI=1S/C18H18FNO3S/c19-16-7-3-1-6-15(16)13-24-10-9-20-18(22)12-23-17-8-4-2-5-14(17)11-21/h1-8,11H,9-10,12-13H2,(H,20,22). The van der Waals surface area contributed by atoms with Crippen LogP contribution in [0.5, 0.6) is 5.75 Å². The first-order valence-electron chi connectivity index (χ1n) is 7.45. The first kappa shape index (κ1) is 18.0. The number of ether oxygens (including phenoxy) is 1. The third-order valence-electron chi connectivity index (χ3n) is 3.19. The van der Waals surface area contributed by atoms with E-state index >= 15 is 0 Å². The van der Waals surface area contributed by atoms with Crippen LogP contribution in [0.4, 0.5) is 4.39 Å². The van der Waals surface area contributed by atoms with Crippen molar-refractivity contribution in [2.45, 2.75) is 5.75 Å². The number of para-hydroxylation sites is 1. The summed E-state index contributed by atoms with van der Waals surface area (Å²) in [5.74, 6) is 1.14. The highest BCUT2D eigenvalue weighted by molar-refractivity contribution is 7.98. The van der Waals surface area contributed by atoms with Crippen LogP contribution < -0.4 is 10.1 Å². The Morgan fingerprint density at radius 3 is 2.71 bits per heavy atom. The molecule has 0 atom stereocenters. The molecule has 2 aromatic rings. The number of halogens is 1. The lowest BCUT2D eigenvalue weighted by Crippen LogP contribution is -2.30. The SMILES string of the molecule is O=Cc1ccccc1OCC(=O)NCCSCc1ccccc1F. The van der Waals surface area contributed by atoms with Gasteiger partial charge < -0.3 is 10.1 Å². The quantitative estimate of drug-likeness (QED) is 0.559. The highest BCUT2D eigenvalue weighted by Gasteiger charge is 2.06. The number of amides is 1. The summed E-state index contributed by atoms with van der Waals surface area (Å²) in [5, 5.41) is 2.72. The van der Waals surface area contributed by atoms with Gasteiger partial charge in [-0.15, -0.1) is 0 Å². The summed E-state index contributed by atoms with van der Waals surface area (Å²) in [6.45, 7) is 0.319. The van der Waals surface area contributed by atoms with E-state index in [1.165, 1.54) is 6.07 Å². The van der Waals surface area contributed by atoms with Gasteiger partial charge in [-0.25, -0.2) is 4.39 Å². The molecule has 1 amide bonds. The van der Waals surface area contributed by atoms with Gasteiger partial charge in [0.2, 0.25) is 0 Å².